The molecule has 0 atom stereocenters. The van der Waals surface area contributed by atoms with E-state index in [1.54, 1.807) is 0 Å². The summed E-state index contributed by atoms with van der Waals surface area (Å²) in [5, 5.41) is 8.37. The Hall–Kier alpha value is -1.90. The van der Waals surface area contributed by atoms with Crippen LogP contribution in [0.4, 0.5) is 5.82 Å². The summed E-state index contributed by atoms with van der Waals surface area (Å²) in [5.41, 5.74) is 5.17. The van der Waals surface area contributed by atoms with Gasteiger partial charge in [-0.3, -0.25) is 0 Å². The van der Waals surface area contributed by atoms with E-state index in [1.807, 2.05) is 19.1 Å². The summed E-state index contributed by atoms with van der Waals surface area (Å²) in [5.74, 6) is 0.964. The van der Waals surface area contributed by atoms with E-state index in [0.717, 1.165) is 24.6 Å². The van der Waals surface area contributed by atoms with Gasteiger partial charge in [0.15, 0.2) is 5.82 Å². The number of nitrogens with zero attached hydrogens (tertiary/aromatic N) is 3. The number of hydrogen-bond donors (Lipinski definition) is 0. The molecule has 2 heterocycles. The zero-order chi connectivity index (χ0) is 11.8. The van der Waals surface area contributed by atoms with Gasteiger partial charge in [0.05, 0.1) is 5.69 Å². The van der Waals surface area contributed by atoms with E-state index in [-0.39, 0.29) is 0 Å². The average molecular weight is 225 g/mol. The minimum absolute atomic E-state index is 0.939. The van der Waals surface area contributed by atoms with Crippen LogP contribution in [-0.4, -0.2) is 10.2 Å². The van der Waals surface area contributed by atoms with Gasteiger partial charge in [-0.1, -0.05) is 18.2 Å². The van der Waals surface area contributed by atoms with E-state index < -0.39 is 0 Å². The topological polar surface area (TPSA) is 29.0 Å². The van der Waals surface area contributed by atoms with E-state index in [1.165, 1.54) is 16.7 Å². The maximum Gasteiger partial charge on any atom is 0.151 e. The molecular formula is C14H15N3. The molecule has 0 radical (unpaired) electrons. The van der Waals surface area contributed by atoms with Gasteiger partial charge in [-0.2, -0.15) is 5.10 Å². The second-order valence-corrected chi connectivity index (χ2v) is 4.60. The Labute approximate surface area is 101 Å². The van der Waals surface area contributed by atoms with Crippen LogP contribution in [0.5, 0.6) is 0 Å². The van der Waals surface area contributed by atoms with Gasteiger partial charge in [0.2, 0.25) is 0 Å². The lowest BCUT2D eigenvalue weighted by molar-refractivity contribution is 0.823. The molecule has 2 aromatic rings. The van der Waals surface area contributed by atoms with Gasteiger partial charge in [-0.25, -0.2) is 0 Å². The Bertz CT molecular complexity index is 546. The number of fused-ring (bicyclic) bond motifs is 1. The summed E-state index contributed by atoms with van der Waals surface area (Å²) in [6, 6.07) is 10.5. The molecule has 0 unspecified atom stereocenters. The Morgan fingerprint density at radius 3 is 2.59 bits per heavy atom. The second kappa shape index (κ2) is 3.84. The molecule has 0 bridgehead atoms. The Balaban J connectivity index is 1.91. The third-order valence-electron chi connectivity index (χ3n) is 3.33. The van der Waals surface area contributed by atoms with Gasteiger partial charge < -0.3 is 4.90 Å². The van der Waals surface area contributed by atoms with Gasteiger partial charge in [0.25, 0.3) is 0 Å². The highest BCUT2D eigenvalue weighted by Crippen LogP contribution is 2.28. The Kier molecular flexibility index (Phi) is 2.32. The highest BCUT2D eigenvalue weighted by molar-refractivity contribution is 5.48. The highest BCUT2D eigenvalue weighted by Gasteiger charge is 2.21. The van der Waals surface area contributed by atoms with E-state index in [0.29, 0.717) is 0 Å². The molecule has 0 saturated heterocycles. The monoisotopic (exact) mass is 225 g/mol. The third-order valence-corrected chi connectivity index (χ3v) is 3.33. The van der Waals surface area contributed by atoms with E-state index in [4.69, 9.17) is 0 Å². The number of aromatic nitrogens is 2. The van der Waals surface area contributed by atoms with E-state index in [2.05, 4.69) is 40.2 Å². The summed E-state index contributed by atoms with van der Waals surface area (Å²) in [6.45, 7) is 6.01. The zero-order valence-corrected chi connectivity index (χ0v) is 10.1. The molecule has 1 aliphatic rings. The molecule has 0 fully saturated rings. The van der Waals surface area contributed by atoms with Gasteiger partial charge in [0, 0.05) is 13.1 Å². The first-order valence-corrected chi connectivity index (χ1v) is 5.87. The molecule has 1 aliphatic heterocycles. The maximum atomic E-state index is 4.25. The van der Waals surface area contributed by atoms with Crippen LogP contribution in [0, 0.1) is 13.8 Å². The smallest absolute Gasteiger partial charge is 0.151 e. The fourth-order valence-corrected chi connectivity index (χ4v) is 2.31. The van der Waals surface area contributed by atoms with Crippen molar-refractivity contribution in [2.24, 2.45) is 0 Å². The van der Waals surface area contributed by atoms with Crippen molar-refractivity contribution in [3.05, 3.63) is 52.7 Å². The summed E-state index contributed by atoms with van der Waals surface area (Å²) in [4.78, 5) is 2.27. The fraction of sp³-hybridized carbons (Fsp3) is 0.286. The van der Waals surface area contributed by atoms with Crippen LogP contribution in [0.15, 0.2) is 30.3 Å². The minimum atomic E-state index is 0.939. The third kappa shape index (κ3) is 1.78. The van der Waals surface area contributed by atoms with Crippen molar-refractivity contribution in [2.75, 3.05) is 4.90 Å². The van der Waals surface area contributed by atoms with Crippen molar-refractivity contribution >= 4 is 5.82 Å². The van der Waals surface area contributed by atoms with Crippen molar-refractivity contribution in [3.63, 3.8) is 0 Å². The van der Waals surface area contributed by atoms with Crippen molar-refractivity contribution in [3.8, 4) is 0 Å². The van der Waals surface area contributed by atoms with Crippen molar-refractivity contribution in [2.45, 2.75) is 26.9 Å². The summed E-state index contributed by atoms with van der Waals surface area (Å²) >= 11 is 0. The number of rotatable bonds is 1. The first kappa shape index (κ1) is 10.3. The van der Waals surface area contributed by atoms with Crippen LogP contribution < -0.4 is 4.90 Å². The number of aryl methyl sites for hydroxylation is 2. The number of hydrogen-bond acceptors (Lipinski definition) is 3. The van der Waals surface area contributed by atoms with Crippen LogP contribution in [0.25, 0.3) is 0 Å². The molecule has 86 valence electrons. The predicted octanol–water partition coefficient (Wildman–Crippen LogP) is 2.61. The zero-order valence-electron chi connectivity index (χ0n) is 10.1. The lowest BCUT2D eigenvalue weighted by atomic mass is 10.1. The molecule has 3 nitrogen and oxygen atoms in total. The largest absolute Gasteiger partial charge is 0.346 e. The molecule has 1 aromatic heterocycles. The van der Waals surface area contributed by atoms with Crippen molar-refractivity contribution < 1.29 is 0 Å². The normalized spacial score (nSPS) is 13.9. The molecule has 0 amide bonds. The highest BCUT2D eigenvalue weighted by atomic mass is 15.3. The summed E-state index contributed by atoms with van der Waals surface area (Å²) in [6.07, 6.45) is 0. The van der Waals surface area contributed by atoms with Gasteiger partial charge in [-0.15, -0.1) is 5.10 Å². The molecule has 3 rings (SSSR count). The fourth-order valence-electron chi connectivity index (χ4n) is 2.31. The molecule has 1 aromatic carbocycles. The lowest BCUT2D eigenvalue weighted by Gasteiger charge is -2.15. The first-order valence-electron chi connectivity index (χ1n) is 5.87. The van der Waals surface area contributed by atoms with Gasteiger partial charge in [-0.05, 0) is 42.7 Å². The van der Waals surface area contributed by atoms with E-state index >= 15 is 0 Å². The summed E-state index contributed by atoms with van der Waals surface area (Å²) in [7, 11) is 0. The predicted molar refractivity (Wildman–Crippen MR) is 67.8 cm³/mol. The molecule has 0 aliphatic carbocycles. The molecule has 17 heavy (non-hydrogen) atoms. The standard InChI is InChI=1S/C14H15N3/c1-10-4-3-5-12-8-17(9-13(10)12)14-7-6-11(2)15-16-14/h3-7H,8-9H2,1-2H3. The number of anilines is 1. The van der Waals surface area contributed by atoms with E-state index in [9.17, 15) is 0 Å². The maximum absolute atomic E-state index is 4.25. The molecule has 3 heteroatoms. The van der Waals surface area contributed by atoms with Gasteiger partial charge >= 0.3 is 0 Å². The lowest BCUT2D eigenvalue weighted by Crippen LogP contribution is -2.16. The van der Waals surface area contributed by atoms with Crippen LogP contribution in [-0.2, 0) is 13.1 Å². The molecule has 0 saturated carbocycles. The molecular weight excluding hydrogens is 210 g/mol. The van der Waals surface area contributed by atoms with Crippen molar-refractivity contribution in [1.82, 2.24) is 10.2 Å². The Morgan fingerprint density at radius 2 is 1.88 bits per heavy atom. The minimum Gasteiger partial charge on any atom is -0.346 e. The SMILES string of the molecule is Cc1ccc(N2Cc3cccc(C)c3C2)nn1. The second-order valence-electron chi connectivity index (χ2n) is 4.60. The van der Waals surface area contributed by atoms with Gasteiger partial charge in [0.1, 0.15) is 0 Å². The Morgan fingerprint density at radius 1 is 1.00 bits per heavy atom. The number of benzene rings is 1. The average Bonchev–Trinajstić information content (AvgIpc) is 2.75. The molecule has 0 spiro atoms. The van der Waals surface area contributed by atoms with Crippen molar-refractivity contribution in [1.29, 1.82) is 0 Å². The summed E-state index contributed by atoms with van der Waals surface area (Å²) < 4.78 is 0. The van der Waals surface area contributed by atoms with Crippen LogP contribution in [0.3, 0.4) is 0 Å². The van der Waals surface area contributed by atoms with Crippen LogP contribution in [0.2, 0.25) is 0 Å². The first-order chi connectivity index (χ1) is 8.24. The molecule has 0 N–H and O–H groups in total. The quantitative estimate of drug-likeness (QED) is 0.747. The van der Waals surface area contributed by atoms with Crippen LogP contribution >= 0.6 is 0 Å². The van der Waals surface area contributed by atoms with Crippen LogP contribution in [0.1, 0.15) is 22.4 Å².